The van der Waals surface area contributed by atoms with E-state index in [1.165, 1.54) is 11.8 Å². The number of rotatable bonds is 5. The van der Waals surface area contributed by atoms with Gasteiger partial charge in [0.1, 0.15) is 5.39 Å². The highest BCUT2D eigenvalue weighted by Gasteiger charge is 2.26. The van der Waals surface area contributed by atoms with Crippen molar-refractivity contribution in [1.29, 1.82) is 0 Å². The lowest BCUT2D eigenvalue weighted by molar-refractivity contribution is 0.501. The van der Waals surface area contributed by atoms with Crippen LogP contribution in [0, 0.1) is 5.92 Å². The average Bonchev–Trinajstić information content (AvgIpc) is 3.39. The van der Waals surface area contributed by atoms with Gasteiger partial charge < -0.3 is 0 Å². The van der Waals surface area contributed by atoms with Crippen molar-refractivity contribution in [3.05, 3.63) is 34.7 Å². The van der Waals surface area contributed by atoms with Crippen LogP contribution in [0.25, 0.3) is 16.9 Å². The minimum Gasteiger partial charge on any atom is -0.267 e. The SMILES string of the molecule is CSc1ncc2c(=O)n(CC3CC3)n(-c3cccc(N=S(C)(C)=O)n3)c2n1. The van der Waals surface area contributed by atoms with Crippen LogP contribution in [0.3, 0.4) is 0 Å². The highest BCUT2D eigenvalue weighted by molar-refractivity contribution is 7.98. The molecule has 0 aliphatic heterocycles. The molecule has 0 atom stereocenters. The highest BCUT2D eigenvalue weighted by atomic mass is 32.2. The Labute approximate surface area is 161 Å². The van der Waals surface area contributed by atoms with Gasteiger partial charge in [0.25, 0.3) is 5.56 Å². The molecule has 4 rings (SSSR count). The van der Waals surface area contributed by atoms with E-state index in [1.807, 2.05) is 6.26 Å². The highest BCUT2D eigenvalue weighted by Crippen LogP contribution is 2.31. The van der Waals surface area contributed by atoms with Crippen LogP contribution in [0.5, 0.6) is 0 Å². The van der Waals surface area contributed by atoms with Crippen molar-refractivity contribution in [2.45, 2.75) is 24.5 Å². The van der Waals surface area contributed by atoms with Crippen molar-refractivity contribution in [3.8, 4) is 5.82 Å². The number of pyridine rings is 1. The lowest BCUT2D eigenvalue weighted by Gasteiger charge is -2.11. The molecule has 0 aromatic carbocycles. The van der Waals surface area contributed by atoms with Crippen molar-refractivity contribution in [1.82, 2.24) is 24.3 Å². The molecule has 0 N–H and O–H groups in total. The zero-order valence-electron chi connectivity index (χ0n) is 15.3. The maximum Gasteiger partial charge on any atom is 0.278 e. The Morgan fingerprint density at radius 3 is 2.74 bits per heavy atom. The van der Waals surface area contributed by atoms with Crippen molar-refractivity contribution < 1.29 is 4.21 Å². The van der Waals surface area contributed by atoms with Crippen LogP contribution >= 0.6 is 11.8 Å². The molecule has 10 heteroatoms. The van der Waals surface area contributed by atoms with Crippen molar-refractivity contribution >= 4 is 38.3 Å². The van der Waals surface area contributed by atoms with Gasteiger partial charge >= 0.3 is 0 Å². The van der Waals surface area contributed by atoms with Gasteiger partial charge in [0, 0.05) is 35.0 Å². The zero-order chi connectivity index (χ0) is 19.2. The average molecular weight is 405 g/mol. The van der Waals surface area contributed by atoms with E-state index >= 15 is 0 Å². The minimum absolute atomic E-state index is 0.122. The molecule has 1 aliphatic rings. The third kappa shape index (κ3) is 3.77. The van der Waals surface area contributed by atoms with Crippen molar-refractivity contribution in [2.75, 3.05) is 18.8 Å². The van der Waals surface area contributed by atoms with Gasteiger partial charge in [-0.1, -0.05) is 17.8 Å². The predicted molar refractivity (Wildman–Crippen MR) is 108 cm³/mol. The van der Waals surface area contributed by atoms with E-state index in [4.69, 9.17) is 0 Å². The molecular formula is C17H20N6O2S2. The topological polar surface area (TPSA) is 95.0 Å². The first kappa shape index (κ1) is 18.2. The molecule has 3 aromatic rings. The van der Waals surface area contributed by atoms with Crippen LogP contribution in [-0.4, -0.2) is 47.3 Å². The number of hydrogen-bond donors (Lipinski definition) is 0. The van der Waals surface area contributed by atoms with Gasteiger partial charge in [-0.15, -0.1) is 0 Å². The van der Waals surface area contributed by atoms with Gasteiger partial charge in [0.15, 0.2) is 22.4 Å². The van der Waals surface area contributed by atoms with Crippen LogP contribution in [0.1, 0.15) is 12.8 Å². The molecule has 1 fully saturated rings. The third-order valence-corrected chi connectivity index (χ3v) is 5.40. The number of hydrogen-bond acceptors (Lipinski definition) is 7. The summed E-state index contributed by atoms with van der Waals surface area (Å²) in [5.41, 5.74) is 0.404. The molecule has 0 unspecified atom stereocenters. The number of aromatic nitrogens is 5. The maximum atomic E-state index is 13.0. The molecule has 0 saturated heterocycles. The Morgan fingerprint density at radius 1 is 1.30 bits per heavy atom. The normalized spacial score (nSPS) is 14.6. The summed E-state index contributed by atoms with van der Waals surface area (Å²) in [7, 11) is -2.34. The van der Waals surface area contributed by atoms with Crippen LogP contribution in [0.15, 0.2) is 38.7 Å². The Morgan fingerprint density at radius 2 is 2.07 bits per heavy atom. The fourth-order valence-electron chi connectivity index (χ4n) is 2.86. The smallest absolute Gasteiger partial charge is 0.267 e. The van der Waals surface area contributed by atoms with Crippen molar-refractivity contribution in [3.63, 3.8) is 0 Å². The van der Waals surface area contributed by atoms with Gasteiger partial charge in [0.05, 0.1) is 0 Å². The first-order valence-electron chi connectivity index (χ1n) is 8.53. The van der Waals surface area contributed by atoms with E-state index < -0.39 is 9.73 Å². The lowest BCUT2D eigenvalue weighted by Crippen LogP contribution is -2.23. The summed E-state index contributed by atoms with van der Waals surface area (Å²) in [6.07, 6.45) is 8.83. The molecule has 0 bridgehead atoms. The summed E-state index contributed by atoms with van der Waals surface area (Å²) >= 11 is 1.42. The lowest BCUT2D eigenvalue weighted by atomic mass is 10.4. The maximum absolute atomic E-state index is 13.0. The van der Waals surface area contributed by atoms with Crippen molar-refractivity contribution in [2.24, 2.45) is 10.3 Å². The van der Waals surface area contributed by atoms with E-state index in [1.54, 1.807) is 46.3 Å². The van der Waals surface area contributed by atoms with Crippen LogP contribution in [-0.2, 0) is 16.3 Å². The zero-order valence-corrected chi connectivity index (χ0v) is 17.0. The van der Waals surface area contributed by atoms with Gasteiger partial charge in [-0.3, -0.25) is 4.79 Å². The number of fused-ring (bicyclic) bond motifs is 1. The van der Waals surface area contributed by atoms with Crippen LogP contribution < -0.4 is 5.56 Å². The molecule has 0 radical (unpaired) electrons. The molecule has 1 saturated carbocycles. The second-order valence-electron chi connectivity index (χ2n) is 6.86. The number of nitrogens with zero attached hydrogens (tertiary/aromatic N) is 6. The van der Waals surface area contributed by atoms with Gasteiger partial charge in [-0.05, 0) is 37.1 Å². The van der Waals surface area contributed by atoms with E-state index in [9.17, 15) is 9.00 Å². The summed E-state index contributed by atoms with van der Waals surface area (Å²) in [5, 5.41) is 1.05. The Kier molecular flexibility index (Phi) is 4.55. The molecule has 0 amide bonds. The van der Waals surface area contributed by atoms with E-state index in [0.29, 0.717) is 40.3 Å². The van der Waals surface area contributed by atoms with Crippen LogP contribution in [0.2, 0.25) is 0 Å². The van der Waals surface area contributed by atoms with Gasteiger partial charge in [0.2, 0.25) is 0 Å². The third-order valence-electron chi connectivity index (χ3n) is 4.21. The summed E-state index contributed by atoms with van der Waals surface area (Å²) in [6.45, 7) is 0.616. The molecule has 0 spiro atoms. The largest absolute Gasteiger partial charge is 0.278 e. The standard InChI is InChI=1S/C17H20N6O2S2/c1-26-17-18-9-12-15(20-17)23(22(16(12)24)10-11-7-8-11)14-6-4-5-13(19-14)21-27(2,3)25/h4-6,9,11H,7-8,10H2,1-3H3. The van der Waals surface area contributed by atoms with E-state index in [2.05, 4.69) is 19.3 Å². The van der Waals surface area contributed by atoms with Gasteiger partial charge in [-0.2, -0.15) is 4.36 Å². The summed E-state index contributed by atoms with van der Waals surface area (Å²) in [5.74, 6) is 1.39. The fraction of sp³-hybridized carbons (Fsp3) is 0.412. The molecule has 3 aromatic heterocycles. The quantitative estimate of drug-likeness (QED) is 0.479. The predicted octanol–water partition coefficient (Wildman–Crippen LogP) is 2.47. The minimum atomic E-state index is -2.34. The monoisotopic (exact) mass is 404 g/mol. The fourth-order valence-corrected chi connectivity index (χ4v) is 3.75. The summed E-state index contributed by atoms with van der Waals surface area (Å²) < 4.78 is 19.6. The van der Waals surface area contributed by atoms with Crippen LogP contribution in [0.4, 0.5) is 5.82 Å². The first-order valence-corrected chi connectivity index (χ1v) is 12.1. The second kappa shape index (κ2) is 6.75. The Hall–Kier alpha value is -2.20. The molecular weight excluding hydrogens is 384 g/mol. The Balaban J connectivity index is 1.98. The first-order chi connectivity index (χ1) is 12.9. The summed E-state index contributed by atoms with van der Waals surface area (Å²) in [6, 6.07) is 5.30. The molecule has 27 heavy (non-hydrogen) atoms. The summed E-state index contributed by atoms with van der Waals surface area (Å²) in [4.78, 5) is 26.3. The molecule has 142 valence electrons. The van der Waals surface area contributed by atoms with E-state index in [-0.39, 0.29) is 5.56 Å². The Bertz CT molecular complexity index is 1190. The molecule has 3 heterocycles. The van der Waals surface area contributed by atoms with Gasteiger partial charge in [-0.25, -0.2) is 28.5 Å². The molecule has 1 aliphatic carbocycles. The van der Waals surface area contributed by atoms with E-state index in [0.717, 1.165) is 12.8 Å². The second-order valence-corrected chi connectivity index (χ2v) is 10.2. The number of thioether (sulfide) groups is 1. The molecule has 8 nitrogen and oxygen atoms in total.